The maximum Gasteiger partial charge on any atom is 0.226 e. The van der Waals surface area contributed by atoms with E-state index in [1.165, 1.54) is 0 Å². The summed E-state index contributed by atoms with van der Waals surface area (Å²) in [6.07, 6.45) is 0. The normalized spacial score (nSPS) is 10.6. The zero-order chi connectivity index (χ0) is 13.2. The third-order valence-electron chi connectivity index (χ3n) is 2.93. The van der Waals surface area contributed by atoms with Crippen LogP contribution in [0, 0.1) is 6.92 Å². The van der Waals surface area contributed by atoms with Gasteiger partial charge in [-0.25, -0.2) is 4.98 Å². The van der Waals surface area contributed by atoms with E-state index >= 15 is 0 Å². The van der Waals surface area contributed by atoms with Gasteiger partial charge >= 0.3 is 0 Å². The van der Waals surface area contributed by atoms with Crippen LogP contribution in [0.2, 0.25) is 5.02 Å². The lowest BCUT2D eigenvalue weighted by Crippen LogP contribution is -1.80. The lowest BCUT2D eigenvalue weighted by molar-refractivity contribution is 0.543. The standard InChI is InChI=1S/C16H12ClNO/c1-11-15(12-5-3-2-4-6-12)18-16(19-11)13-7-9-14(17)10-8-13/h2-10H,1H3. The molecule has 0 aliphatic heterocycles. The molecule has 0 amide bonds. The highest BCUT2D eigenvalue weighted by Gasteiger charge is 2.12. The molecule has 3 aromatic rings. The van der Waals surface area contributed by atoms with Gasteiger partial charge in [0.2, 0.25) is 5.89 Å². The Morgan fingerprint density at radius 3 is 2.26 bits per heavy atom. The molecule has 1 aromatic heterocycles. The Morgan fingerprint density at radius 2 is 1.58 bits per heavy atom. The zero-order valence-corrected chi connectivity index (χ0v) is 11.2. The summed E-state index contributed by atoms with van der Waals surface area (Å²) < 4.78 is 5.74. The fourth-order valence-corrected chi connectivity index (χ4v) is 2.10. The smallest absolute Gasteiger partial charge is 0.226 e. The van der Waals surface area contributed by atoms with Gasteiger partial charge in [-0.3, -0.25) is 0 Å². The van der Waals surface area contributed by atoms with Crippen LogP contribution < -0.4 is 0 Å². The Hall–Kier alpha value is -2.06. The second-order valence-electron chi connectivity index (χ2n) is 4.30. The van der Waals surface area contributed by atoms with Gasteiger partial charge < -0.3 is 4.42 Å². The van der Waals surface area contributed by atoms with E-state index in [-0.39, 0.29) is 0 Å². The number of benzene rings is 2. The Labute approximate surface area is 116 Å². The van der Waals surface area contributed by atoms with Crippen molar-refractivity contribution in [2.24, 2.45) is 0 Å². The quantitative estimate of drug-likeness (QED) is 0.656. The van der Waals surface area contributed by atoms with Crippen molar-refractivity contribution in [3.63, 3.8) is 0 Å². The van der Waals surface area contributed by atoms with E-state index in [4.69, 9.17) is 16.0 Å². The average Bonchev–Trinajstić information content (AvgIpc) is 2.83. The maximum atomic E-state index is 5.88. The van der Waals surface area contributed by atoms with E-state index in [9.17, 15) is 0 Å². The third-order valence-corrected chi connectivity index (χ3v) is 3.19. The minimum Gasteiger partial charge on any atom is -0.441 e. The molecular weight excluding hydrogens is 258 g/mol. The van der Waals surface area contributed by atoms with Crippen LogP contribution in [-0.2, 0) is 0 Å². The van der Waals surface area contributed by atoms with Crippen LogP contribution in [-0.4, -0.2) is 4.98 Å². The minimum atomic E-state index is 0.619. The molecule has 1 heterocycles. The molecule has 0 N–H and O–H groups in total. The lowest BCUT2D eigenvalue weighted by Gasteiger charge is -1.95. The first-order chi connectivity index (χ1) is 9.24. The van der Waals surface area contributed by atoms with Crippen LogP contribution in [0.1, 0.15) is 5.76 Å². The van der Waals surface area contributed by atoms with Crippen molar-refractivity contribution < 1.29 is 4.42 Å². The van der Waals surface area contributed by atoms with E-state index in [0.717, 1.165) is 22.6 Å². The summed E-state index contributed by atoms with van der Waals surface area (Å²) in [5, 5.41) is 0.704. The molecule has 0 saturated heterocycles. The molecule has 0 spiro atoms. The van der Waals surface area contributed by atoms with Gasteiger partial charge in [0, 0.05) is 16.1 Å². The Balaban J connectivity index is 2.04. The van der Waals surface area contributed by atoms with Crippen molar-refractivity contribution in [3.8, 4) is 22.7 Å². The van der Waals surface area contributed by atoms with Crippen LogP contribution in [0.3, 0.4) is 0 Å². The van der Waals surface area contributed by atoms with Gasteiger partial charge in [-0.1, -0.05) is 41.9 Å². The van der Waals surface area contributed by atoms with Gasteiger partial charge in [0.25, 0.3) is 0 Å². The molecule has 0 bridgehead atoms. The van der Waals surface area contributed by atoms with E-state index in [1.807, 2.05) is 61.5 Å². The number of rotatable bonds is 2. The zero-order valence-electron chi connectivity index (χ0n) is 10.4. The van der Waals surface area contributed by atoms with E-state index in [1.54, 1.807) is 0 Å². The SMILES string of the molecule is Cc1oc(-c2ccc(Cl)cc2)nc1-c1ccccc1. The number of aryl methyl sites for hydroxylation is 1. The van der Waals surface area contributed by atoms with Crippen LogP contribution in [0.15, 0.2) is 59.0 Å². The Bertz CT molecular complexity index is 687. The summed E-state index contributed by atoms with van der Waals surface area (Å²) in [6, 6.07) is 17.5. The molecular formula is C16H12ClNO. The molecule has 0 atom stereocenters. The van der Waals surface area contributed by atoms with E-state index in [0.29, 0.717) is 10.9 Å². The average molecular weight is 270 g/mol. The minimum absolute atomic E-state index is 0.619. The summed E-state index contributed by atoms with van der Waals surface area (Å²) in [7, 11) is 0. The van der Waals surface area contributed by atoms with Crippen molar-refractivity contribution >= 4 is 11.6 Å². The van der Waals surface area contributed by atoms with Gasteiger partial charge in [-0.2, -0.15) is 0 Å². The molecule has 2 nitrogen and oxygen atoms in total. The van der Waals surface area contributed by atoms with Crippen molar-refractivity contribution in [3.05, 3.63) is 65.4 Å². The number of hydrogen-bond acceptors (Lipinski definition) is 2. The summed E-state index contributed by atoms with van der Waals surface area (Å²) >= 11 is 5.88. The fraction of sp³-hybridized carbons (Fsp3) is 0.0625. The van der Waals surface area contributed by atoms with Crippen LogP contribution >= 0.6 is 11.6 Å². The molecule has 2 aromatic carbocycles. The highest BCUT2D eigenvalue weighted by molar-refractivity contribution is 6.30. The number of halogens is 1. The highest BCUT2D eigenvalue weighted by Crippen LogP contribution is 2.28. The molecule has 0 radical (unpaired) electrons. The summed E-state index contributed by atoms with van der Waals surface area (Å²) in [5.41, 5.74) is 2.86. The number of hydrogen-bond donors (Lipinski definition) is 0. The molecule has 19 heavy (non-hydrogen) atoms. The van der Waals surface area contributed by atoms with Crippen LogP contribution in [0.25, 0.3) is 22.7 Å². The van der Waals surface area contributed by atoms with Crippen molar-refractivity contribution in [1.29, 1.82) is 0 Å². The van der Waals surface area contributed by atoms with Crippen molar-refractivity contribution in [2.75, 3.05) is 0 Å². The molecule has 0 unspecified atom stereocenters. The lowest BCUT2D eigenvalue weighted by atomic mass is 10.1. The predicted molar refractivity (Wildman–Crippen MR) is 77.1 cm³/mol. The first kappa shape index (κ1) is 12.0. The molecule has 3 heteroatoms. The summed E-state index contributed by atoms with van der Waals surface area (Å²) in [5.74, 6) is 1.43. The second kappa shape index (κ2) is 4.90. The second-order valence-corrected chi connectivity index (χ2v) is 4.73. The van der Waals surface area contributed by atoms with Gasteiger partial charge in [-0.05, 0) is 31.2 Å². The summed E-state index contributed by atoms with van der Waals surface area (Å²) in [4.78, 5) is 4.57. The third kappa shape index (κ3) is 2.40. The first-order valence-corrected chi connectivity index (χ1v) is 6.40. The molecule has 0 saturated carbocycles. The van der Waals surface area contributed by atoms with Crippen molar-refractivity contribution in [2.45, 2.75) is 6.92 Å². The number of aromatic nitrogens is 1. The van der Waals surface area contributed by atoms with Crippen LogP contribution in [0.4, 0.5) is 0 Å². The Kier molecular flexibility index (Phi) is 3.10. The first-order valence-electron chi connectivity index (χ1n) is 6.03. The highest BCUT2D eigenvalue weighted by atomic mass is 35.5. The predicted octanol–water partition coefficient (Wildman–Crippen LogP) is 4.97. The van der Waals surface area contributed by atoms with Gasteiger partial charge in [0.15, 0.2) is 0 Å². The van der Waals surface area contributed by atoms with Gasteiger partial charge in [0.1, 0.15) is 11.5 Å². The monoisotopic (exact) mass is 269 g/mol. The molecule has 0 aliphatic rings. The summed E-state index contributed by atoms with van der Waals surface area (Å²) in [6.45, 7) is 1.93. The van der Waals surface area contributed by atoms with Crippen LogP contribution in [0.5, 0.6) is 0 Å². The Morgan fingerprint density at radius 1 is 0.895 bits per heavy atom. The topological polar surface area (TPSA) is 26.0 Å². The number of nitrogens with zero attached hydrogens (tertiary/aromatic N) is 1. The fourth-order valence-electron chi connectivity index (χ4n) is 1.98. The van der Waals surface area contributed by atoms with E-state index in [2.05, 4.69) is 4.98 Å². The largest absolute Gasteiger partial charge is 0.441 e. The molecule has 0 aliphatic carbocycles. The van der Waals surface area contributed by atoms with Crippen molar-refractivity contribution in [1.82, 2.24) is 4.98 Å². The molecule has 0 fully saturated rings. The van der Waals surface area contributed by atoms with E-state index < -0.39 is 0 Å². The maximum absolute atomic E-state index is 5.88. The van der Waals surface area contributed by atoms with Gasteiger partial charge in [-0.15, -0.1) is 0 Å². The number of oxazole rings is 1. The van der Waals surface area contributed by atoms with Gasteiger partial charge in [0.05, 0.1) is 0 Å². The molecule has 94 valence electrons. The molecule has 3 rings (SSSR count).